The Labute approximate surface area is 126 Å². The number of hydrogen-bond acceptors (Lipinski definition) is 5. The Bertz CT molecular complexity index is 513. The van der Waals surface area contributed by atoms with Crippen molar-refractivity contribution in [3.05, 3.63) is 22.4 Å². The molecule has 0 aromatic carbocycles. The molecule has 2 heterocycles. The number of nitrogens with zero attached hydrogens (tertiary/aromatic N) is 1. The van der Waals surface area contributed by atoms with Gasteiger partial charge in [0.1, 0.15) is 0 Å². The number of Topliss-reactive ketones (excluding diaryl/α,β-unsaturated/α-hetero) is 1. The van der Waals surface area contributed by atoms with Gasteiger partial charge < -0.3 is 14.7 Å². The minimum atomic E-state index is -0.960. The van der Waals surface area contributed by atoms with Crippen LogP contribution in [0.1, 0.15) is 28.9 Å². The molecule has 1 atom stereocenters. The van der Waals surface area contributed by atoms with Crippen molar-refractivity contribution < 1.29 is 24.2 Å². The number of carbonyl (C=O) groups excluding carboxylic acids is 2. The highest BCUT2D eigenvalue weighted by Crippen LogP contribution is 2.16. The number of thiophene rings is 1. The highest BCUT2D eigenvalue weighted by atomic mass is 32.1. The molecule has 0 spiro atoms. The summed E-state index contributed by atoms with van der Waals surface area (Å²) >= 11 is 1.36. The van der Waals surface area contributed by atoms with Gasteiger partial charge in [-0.05, 0) is 11.4 Å². The lowest BCUT2D eigenvalue weighted by Crippen LogP contribution is -2.49. The lowest BCUT2D eigenvalue weighted by atomic mass is 10.1. The van der Waals surface area contributed by atoms with E-state index in [0.717, 1.165) is 0 Å². The molecule has 0 bridgehead atoms. The zero-order valence-corrected chi connectivity index (χ0v) is 12.3. The molecule has 2 rings (SSSR count). The standard InChI is InChI=1S/C14H17NO5S/c16-11(12-2-1-7-21-12)3-4-13(17)15-5-6-20-9-10(15)8-14(18)19/h1-2,7,10H,3-6,8-9H2,(H,18,19). The van der Waals surface area contributed by atoms with Gasteiger partial charge in [0.15, 0.2) is 5.78 Å². The molecule has 1 N–H and O–H groups in total. The van der Waals surface area contributed by atoms with Crippen LogP contribution in [0.4, 0.5) is 0 Å². The Kier molecular flexibility index (Phi) is 5.46. The van der Waals surface area contributed by atoms with Gasteiger partial charge in [-0.25, -0.2) is 0 Å². The van der Waals surface area contributed by atoms with Crippen molar-refractivity contribution in [2.75, 3.05) is 19.8 Å². The number of ketones is 1. The van der Waals surface area contributed by atoms with E-state index in [0.29, 0.717) is 18.0 Å². The maximum Gasteiger partial charge on any atom is 0.305 e. The van der Waals surface area contributed by atoms with E-state index < -0.39 is 12.0 Å². The van der Waals surface area contributed by atoms with Gasteiger partial charge in [-0.1, -0.05) is 6.07 Å². The zero-order valence-electron chi connectivity index (χ0n) is 11.5. The summed E-state index contributed by atoms with van der Waals surface area (Å²) in [6.45, 7) is 1.02. The van der Waals surface area contributed by atoms with Crippen LogP contribution in [0.2, 0.25) is 0 Å². The summed E-state index contributed by atoms with van der Waals surface area (Å²) in [5, 5.41) is 10.7. The second-order valence-corrected chi connectivity index (χ2v) is 5.76. The molecular weight excluding hydrogens is 294 g/mol. The molecule has 0 aliphatic carbocycles. The first kappa shape index (κ1) is 15.7. The van der Waals surface area contributed by atoms with Crippen molar-refractivity contribution in [3.63, 3.8) is 0 Å². The predicted molar refractivity (Wildman–Crippen MR) is 76.5 cm³/mol. The van der Waals surface area contributed by atoms with Gasteiger partial charge in [0.25, 0.3) is 0 Å². The van der Waals surface area contributed by atoms with Crippen LogP contribution in [0.25, 0.3) is 0 Å². The smallest absolute Gasteiger partial charge is 0.305 e. The van der Waals surface area contributed by atoms with E-state index in [1.165, 1.54) is 16.2 Å². The molecular formula is C14H17NO5S. The second kappa shape index (κ2) is 7.33. The fourth-order valence-corrected chi connectivity index (χ4v) is 2.97. The van der Waals surface area contributed by atoms with Crippen LogP contribution in [0.15, 0.2) is 17.5 Å². The molecule has 1 aliphatic heterocycles. The number of rotatable bonds is 6. The summed E-state index contributed by atoms with van der Waals surface area (Å²) in [5.74, 6) is -1.20. The fraction of sp³-hybridized carbons (Fsp3) is 0.500. The average Bonchev–Trinajstić information content (AvgIpc) is 2.98. The maximum atomic E-state index is 12.2. The third-order valence-corrected chi connectivity index (χ3v) is 4.23. The average molecular weight is 311 g/mol. The third-order valence-electron chi connectivity index (χ3n) is 3.32. The second-order valence-electron chi connectivity index (χ2n) is 4.81. The van der Waals surface area contributed by atoms with Gasteiger partial charge in [-0.15, -0.1) is 11.3 Å². The van der Waals surface area contributed by atoms with E-state index in [9.17, 15) is 14.4 Å². The Balaban J connectivity index is 1.88. The van der Waals surface area contributed by atoms with Gasteiger partial charge in [0.05, 0.1) is 30.6 Å². The Morgan fingerprint density at radius 2 is 2.19 bits per heavy atom. The number of aliphatic carboxylic acids is 1. The number of carbonyl (C=O) groups is 3. The van der Waals surface area contributed by atoms with Crippen molar-refractivity contribution in [1.82, 2.24) is 4.90 Å². The lowest BCUT2D eigenvalue weighted by molar-refractivity contribution is -0.146. The number of hydrogen-bond donors (Lipinski definition) is 1. The molecule has 6 nitrogen and oxygen atoms in total. The SMILES string of the molecule is O=C(O)CC1COCCN1C(=O)CCC(=O)c1cccs1. The predicted octanol–water partition coefficient (Wildman–Crippen LogP) is 1.41. The summed E-state index contributed by atoms with van der Waals surface area (Å²) in [5.41, 5.74) is 0. The Morgan fingerprint density at radius 3 is 2.86 bits per heavy atom. The highest BCUT2D eigenvalue weighted by molar-refractivity contribution is 7.12. The molecule has 7 heteroatoms. The highest BCUT2D eigenvalue weighted by Gasteiger charge is 2.29. The molecule has 1 aliphatic rings. The van der Waals surface area contributed by atoms with Crippen LogP contribution < -0.4 is 0 Å². The number of morpholine rings is 1. The van der Waals surface area contributed by atoms with E-state index >= 15 is 0 Å². The van der Waals surface area contributed by atoms with Crippen molar-refractivity contribution in [1.29, 1.82) is 0 Å². The molecule has 21 heavy (non-hydrogen) atoms. The maximum absolute atomic E-state index is 12.2. The van der Waals surface area contributed by atoms with E-state index in [1.54, 1.807) is 12.1 Å². The molecule has 0 radical (unpaired) electrons. The van der Waals surface area contributed by atoms with Crippen molar-refractivity contribution in [3.8, 4) is 0 Å². The minimum absolute atomic E-state index is 0.0543. The van der Waals surface area contributed by atoms with Crippen molar-refractivity contribution >= 4 is 29.0 Å². The molecule has 1 saturated heterocycles. The molecule has 1 fully saturated rings. The monoisotopic (exact) mass is 311 g/mol. The van der Waals surface area contributed by atoms with Crippen LogP contribution in [0.5, 0.6) is 0 Å². The number of carboxylic acid groups (broad SMARTS) is 1. The minimum Gasteiger partial charge on any atom is -0.481 e. The van der Waals surface area contributed by atoms with Crippen LogP contribution in [-0.4, -0.2) is 53.5 Å². The number of amides is 1. The van der Waals surface area contributed by atoms with Crippen LogP contribution in [0.3, 0.4) is 0 Å². The van der Waals surface area contributed by atoms with Crippen molar-refractivity contribution in [2.24, 2.45) is 0 Å². The molecule has 1 aromatic rings. The van der Waals surface area contributed by atoms with Gasteiger partial charge in [-0.3, -0.25) is 14.4 Å². The van der Waals surface area contributed by atoms with Crippen LogP contribution >= 0.6 is 11.3 Å². The van der Waals surface area contributed by atoms with Crippen LogP contribution in [0, 0.1) is 0 Å². The fourth-order valence-electron chi connectivity index (χ4n) is 2.28. The summed E-state index contributed by atoms with van der Waals surface area (Å²) in [6.07, 6.45) is 0.119. The summed E-state index contributed by atoms with van der Waals surface area (Å²) in [4.78, 5) is 37.0. The number of ether oxygens (including phenoxy) is 1. The van der Waals surface area contributed by atoms with E-state index in [2.05, 4.69) is 0 Å². The first-order chi connectivity index (χ1) is 10.1. The molecule has 1 amide bonds. The topological polar surface area (TPSA) is 83.9 Å². The normalized spacial score (nSPS) is 18.5. The van der Waals surface area contributed by atoms with Crippen LogP contribution in [-0.2, 0) is 14.3 Å². The largest absolute Gasteiger partial charge is 0.481 e. The molecule has 1 unspecified atom stereocenters. The summed E-state index contributed by atoms with van der Waals surface area (Å²) in [7, 11) is 0. The molecule has 1 aromatic heterocycles. The van der Waals surface area contributed by atoms with Crippen molar-refractivity contribution in [2.45, 2.75) is 25.3 Å². The zero-order chi connectivity index (χ0) is 15.2. The first-order valence-corrected chi connectivity index (χ1v) is 7.61. The summed E-state index contributed by atoms with van der Waals surface area (Å²) in [6, 6.07) is 3.09. The van der Waals surface area contributed by atoms with Gasteiger partial charge >= 0.3 is 5.97 Å². The Morgan fingerprint density at radius 1 is 1.38 bits per heavy atom. The van der Waals surface area contributed by atoms with E-state index in [-0.39, 0.29) is 37.6 Å². The van der Waals surface area contributed by atoms with E-state index in [1.807, 2.05) is 5.38 Å². The Hall–Kier alpha value is -1.73. The quantitative estimate of drug-likeness (QED) is 0.803. The van der Waals surface area contributed by atoms with E-state index in [4.69, 9.17) is 9.84 Å². The van der Waals surface area contributed by atoms with Gasteiger partial charge in [0, 0.05) is 19.4 Å². The van der Waals surface area contributed by atoms with Gasteiger partial charge in [0.2, 0.25) is 5.91 Å². The summed E-state index contributed by atoms with van der Waals surface area (Å²) < 4.78 is 5.23. The molecule has 114 valence electrons. The number of carboxylic acids is 1. The molecule has 0 saturated carbocycles. The first-order valence-electron chi connectivity index (χ1n) is 6.73. The third kappa shape index (κ3) is 4.37. The lowest BCUT2D eigenvalue weighted by Gasteiger charge is -2.34. The van der Waals surface area contributed by atoms with Gasteiger partial charge in [-0.2, -0.15) is 0 Å².